The van der Waals surface area contributed by atoms with E-state index in [1.807, 2.05) is 34.6 Å². The third-order valence-electron chi connectivity index (χ3n) is 2.43. The summed E-state index contributed by atoms with van der Waals surface area (Å²) in [7, 11) is 0. The second kappa shape index (κ2) is 49.8. The topological polar surface area (TPSA) is 0 Å². The van der Waals surface area contributed by atoms with Crippen LogP contribution in [0.25, 0.3) is 0 Å². The van der Waals surface area contributed by atoms with Crippen molar-refractivity contribution >= 4 is 0 Å². The minimum Gasteiger partial charge on any atom is -0.514 e. The maximum absolute atomic E-state index is 5.18. The molecule has 0 aliphatic heterocycles. The van der Waals surface area contributed by atoms with Crippen LogP contribution in [-0.2, 0) is 0 Å². The van der Waals surface area contributed by atoms with Gasteiger partial charge in [0.2, 0.25) is 0 Å². The summed E-state index contributed by atoms with van der Waals surface area (Å²) < 4.78 is 0. The fraction of sp³-hybridized carbons (Fsp3) is 0.680. The normalized spacial score (nSPS) is 8.38. The fourth-order valence-corrected chi connectivity index (χ4v) is 1.25. The van der Waals surface area contributed by atoms with Crippen LogP contribution in [-0.4, -0.2) is 0 Å². The summed E-state index contributed by atoms with van der Waals surface area (Å²) in [4.78, 5) is 0. The molecule has 0 bridgehead atoms. The van der Waals surface area contributed by atoms with Crippen LogP contribution in [0.3, 0.4) is 0 Å². The quantitative estimate of drug-likeness (QED) is 0.158. The van der Waals surface area contributed by atoms with Crippen molar-refractivity contribution in [2.45, 2.75) is 108 Å². The zero-order valence-electron chi connectivity index (χ0n) is 19.8. The van der Waals surface area contributed by atoms with E-state index in [0.717, 1.165) is 24.3 Å². The standard InChI is InChI=1S/C8H14.C7H16.C6H7.2C2H6.U/c1-3-5-7-8-6-4-2;1-4-5-6-7(2)3;1-4-5-6(2)3;2*1-2;/h3,5-6,8H,4,7H2,1-2H3;7H,4-6H2,1-3H3;1-2H,5H2,3H3;2*1-2H3;/q;;-1;;;/b5-3?,8-6-;;;;;. The SMILES string of the molecule is C#CCC(=[CH-])C.CC.CC.CC=CC/C=C\CC.CCCCC(C)C.[U]. The van der Waals surface area contributed by atoms with Gasteiger partial charge in [-0.1, -0.05) is 106 Å². The van der Waals surface area contributed by atoms with E-state index in [-0.39, 0.29) is 31.1 Å². The molecular formula is C25H49U-. The van der Waals surface area contributed by atoms with E-state index in [9.17, 15) is 0 Å². The average molecular weight is 588 g/mol. The molecule has 0 heterocycles. The number of hydrogen-bond donors (Lipinski definition) is 0. The van der Waals surface area contributed by atoms with Gasteiger partial charge in [-0.2, -0.15) is 0 Å². The van der Waals surface area contributed by atoms with Crippen LogP contribution < -0.4 is 0 Å². The molecule has 0 aromatic heterocycles. The predicted octanol–water partition coefficient (Wildman–Crippen LogP) is 9.19. The van der Waals surface area contributed by atoms with Gasteiger partial charge >= 0.3 is 0 Å². The van der Waals surface area contributed by atoms with Gasteiger partial charge in [0.05, 0.1) is 0 Å². The van der Waals surface area contributed by atoms with Gasteiger partial charge in [0, 0.05) is 31.1 Å². The Labute approximate surface area is 192 Å². The van der Waals surface area contributed by atoms with E-state index in [1.165, 1.54) is 19.3 Å². The van der Waals surface area contributed by atoms with E-state index in [2.05, 4.69) is 57.9 Å². The van der Waals surface area contributed by atoms with Crippen molar-refractivity contribution in [3.63, 3.8) is 0 Å². The third-order valence-corrected chi connectivity index (χ3v) is 2.43. The molecular weight excluding hydrogens is 538 g/mol. The molecule has 0 spiro atoms. The van der Waals surface area contributed by atoms with Crippen molar-refractivity contribution in [1.29, 1.82) is 0 Å². The summed E-state index contributed by atoms with van der Waals surface area (Å²) in [5, 5.41) is 0. The van der Waals surface area contributed by atoms with E-state index < -0.39 is 0 Å². The van der Waals surface area contributed by atoms with Gasteiger partial charge in [0.15, 0.2) is 0 Å². The van der Waals surface area contributed by atoms with Crippen molar-refractivity contribution in [3.8, 4) is 12.3 Å². The maximum Gasteiger partial charge on any atom is 0 e. The van der Waals surface area contributed by atoms with Gasteiger partial charge in [-0.3, -0.25) is 0 Å². The Morgan fingerprint density at radius 1 is 1.04 bits per heavy atom. The first-order valence-electron chi connectivity index (χ1n) is 10.2. The predicted molar refractivity (Wildman–Crippen MR) is 123 cm³/mol. The molecule has 0 aromatic carbocycles. The van der Waals surface area contributed by atoms with Gasteiger partial charge in [-0.05, 0) is 32.1 Å². The Hall–Kier alpha value is -0.168. The van der Waals surface area contributed by atoms with Crippen molar-refractivity contribution in [1.82, 2.24) is 0 Å². The number of hydrogen-bond acceptors (Lipinski definition) is 0. The molecule has 0 fully saturated rings. The maximum atomic E-state index is 5.18. The number of rotatable bonds is 7. The molecule has 0 nitrogen and oxygen atoms in total. The summed E-state index contributed by atoms with van der Waals surface area (Å²) >= 11 is 0. The third kappa shape index (κ3) is 88.7. The van der Waals surface area contributed by atoms with Gasteiger partial charge in [0.25, 0.3) is 0 Å². The van der Waals surface area contributed by atoms with Gasteiger partial charge in [0.1, 0.15) is 0 Å². The first kappa shape index (κ1) is 40.5. The second-order valence-corrected chi connectivity index (χ2v) is 5.45. The minimum atomic E-state index is 0. The Kier molecular flexibility index (Phi) is 77.5. The Morgan fingerprint density at radius 3 is 1.73 bits per heavy atom. The zero-order chi connectivity index (χ0) is 20.9. The van der Waals surface area contributed by atoms with Crippen LogP contribution in [0.2, 0.25) is 0 Å². The van der Waals surface area contributed by atoms with E-state index in [1.54, 1.807) is 6.92 Å². The molecule has 0 rings (SSSR count). The summed E-state index contributed by atoms with van der Waals surface area (Å²) in [5.74, 6) is 3.31. The molecule has 0 saturated heterocycles. The molecule has 0 aliphatic carbocycles. The van der Waals surface area contributed by atoms with Crippen LogP contribution in [0, 0.1) is 56.0 Å². The Bertz CT molecular complexity index is 290. The molecule has 1 heteroatoms. The smallest absolute Gasteiger partial charge is 0 e. The van der Waals surface area contributed by atoms with Gasteiger partial charge in [-0.25, -0.2) is 5.57 Å². The van der Waals surface area contributed by atoms with Crippen molar-refractivity contribution in [2.24, 2.45) is 5.92 Å². The molecule has 0 amide bonds. The van der Waals surface area contributed by atoms with Crippen LogP contribution in [0.5, 0.6) is 0 Å². The summed E-state index contributed by atoms with van der Waals surface area (Å²) in [5.41, 5.74) is 0.803. The van der Waals surface area contributed by atoms with Crippen LogP contribution in [0.1, 0.15) is 108 Å². The average Bonchev–Trinajstić information content (AvgIpc) is 2.61. The van der Waals surface area contributed by atoms with Crippen LogP contribution in [0.4, 0.5) is 0 Å². The molecule has 0 N–H and O–H groups in total. The molecule has 0 atom stereocenters. The van der Waals surface area contributed by atoms with E-state index >= 15 is 0 Å². The number of terminal acetylenes is 1. The number of allylic oxidation sites excluding steroid dienone is 5. The van der Waals surface area contributed by atoms with Crippen molar-refractivity contribution in [2.75, 3.05) is 0 Å². The first-order chi connectivity index (χ1) is 12.0. The summed E-state index contributed by atoms with van der Waals surface area (Å²) in [6, 6.07) is 0. The van der Waals surface area contributed by atoms with Crippen LogP contribution in [0.15, 0.2) is 29.9 Å². The molecule has 0 saturated carbocycles. The first-order valence-corrected chi connectivity index (χ1v) is 10.2. The molecule has 0 radical (unpaired) electrons. The molecule has 0 aromatic rings. The Morgan fingerprint density at radius 2 is 1.54 bits per heavy atom. The van der Waals surface area contributed by atoms with Crippen molar-refractivity contribution in [3.05, 3.63) is 36.5 Å². The van der Waals surface area contributed by atoms with E-state index in [4.69, 9.17) is 13.0 Å². The fourth-order valence-electron chi connectivity index (χ4n) is 1.25. The Balaban J connectivity index is -0.0000000519. The zero-order valence-corrected chi connectivity index (χ0v) is 23.9. The van der Waals surface area contributed by atoms with Crippen molar-refractivity contribution < 1.29 is 31.1 Å². The minimum absolute atomic E-state index is 0. The largest absolute Gasteiger partial charge is 0.514 e. The van der Waals surface area contributed by atoms with E-state index in [0.29, 0.717) is 6.42 Å². The molecule has 0 unspecified atom stereocenters. The van der Waals surface area contributed by atoms with Gasteiger partial charge in [-0.15, -0.1) is 12.3 Å². The number of unbranched alkanes of at least 4 members (excludes halogenated alkanes) is 1. The van der Waals surface area contributed by atoms with Crippen LogP contribution >= 0.6 is 0 Å². The molecule has 0 aliphatic rings. The summed E-state index contributed by atoms with van der Waals surface area (Å²) in [6.45, 7) is 26.0. The summed E-state index contributed by atoms with van der Waals surface area (Å²) in [6.07, 6.45) is 20.4. The second-order valence-electron chi connectivity index (χ2n) is 5.45. The molecule has 154 valence electrons. The van der Waals surface area contributed by atoms with Gasteiger partial charge < -0.3 is 6.58 Å². The molecule has 26 heavy (non-hydrogen) atoms. The monoisotopic (exact) mass is 587 g/mol.